The first kappa shape index (κ1) is 20.4. The zero-order chi connectivity index (χ0) is 19.2. The van der Waals surface area contributed by atoms with Gasteiger partial charge >= 0.3 is 0 Å². The van der Waals surface area contributed by atoms with E-state index in [0.29, 0.717) is 13.1 Å². The maximum absolute atomic E-state index is 12.5. The number of hydrogen-bond acceptors (Lipinski definition) is 4. The van der Waals surface area contributed by atoms with E-state index >= 15 is 0 Å². The Morgan fingerprint density at radius 1 is 1.04 bits per heavy atom. The molecule has 26 heavy (non-hydrogen) atoms. The standard InChI is InChI=1S/C18H22BrN3O3S/c1-21(16-6-4-3-5-7-16)13-12-20-18(23)14-22(2)26(24,25)17-10-8-15(19)9-11-17/h3-11H,12-14H2,1-2H3,(H,20,23). The minimum Gasteiger partial charge on any atom is -0.373 e. The molecule has 0 radical (unpaired) electrons. The summed E-state index contributed by atoms with van der Waals surface area (Å²) in [7, 11) is -0.362. The Labute approximate surface area is 163 Å². The molecule has 1 amide bonds. The largest absolute Gasteiger partial charge is 0.373 e. The van der Waals surface area contributed by atoms with Gasteiger partial charge in [0.05, 0.1) is 11.4 Å². The zero-order valence-corrected chi connectivity index (χ0v) is 17.1. The normalized spacial score (nSPS) is 11.4. The molecule has 0 saturated carbocycles. The Bertz CT molecular complexity index is 827. The van der Waals surface area contributed by atoms with Crippen LogP contribution in [0.1, 0.15) is 0 Å². The second-order valence-corrected chi connectivity index (χ2v) is 8.78. The van der Waals surface area contributed by atoms with Crippen LogP contribution in [0.5, 0.6) is 0 Å². The van der Waals surface area contributed by atoms with E-state index in [1.807, 2.05) is 42.3 Å². The van der Waals surface area contributed by atoms with Crippen LogP contribution >= 0.6 is 15.9 Å². The second-order valence-electron chi connectivity index (χ2n) is 5.82. The number of anilines is 1. The van der Waals surface area contributed by atoms with E-state index in [1.54, 1.807) is 12.1 Å². The van der Waals surface area contributed by atoms with Crippen LogP contribution in [0.25, 0.3) is 0 Å². The molecule has 2 rings (SSSR count). The fourth-order valence-electron chi connectivity index (χ4n) is 2.30. The first-order valence-corrected chi connectivity index (χ1v) is 10.3. The molecule has 0 bridgehead atoms. The average Bonchev–Trinajstić information content (AvgIpc) is 2.62. The average molecular weight is 440 g/mol. The molecule has 1 N–H and O–H groups in total. The smallest absolute Gasteiger partial charge is 0.243 e. The van der Waals surface area contributed by atoms with Gasteiger partial charge in [0.2, 0.25) is 15.9 Å². The monoisotopic (exact) mass is 439 g/mol. The molecule has 0 heterocycles. The van der Waals surface area contributed by atoms with E-state index in [4.69, 9.17) is 0 Å². The van der Waals surface area contributed by atoms with Gasteiger partial charge in [-0.25, -0.2) is 8.42 Å². The third kappa shape index (κ3) is 5.55. The highest BCUT2D eigenvalue weighted by atomic mass is 79.9. The number of sulfonamides is 1. The number of carbonyl (C=O) groups excluding carboxylic acids is 1. The third-order valence-corrected chi connectivity index (χ3v) is 6.20. The highest BCUT2D eigenvalue weighted by molar-refractivity contribution is 9.10. The van der Waals surface area contributed by atoms with Crippen molar-refractivity contribution in [2.75, 3.05) is 38.6 Å². The van der Waals surface area contributed by atoms with Gasteiger partial charge in [0.1, 0.15) is 0 Å². The molecule has 0 spiro atoms. The van der Waals surface area contributed by atoms with Gasteiger partial charge in [0, 0.05) is 37.3 Å². The molecular weight excluding hydrogens is 418 g/mol. The molecule has 6 nitrogen and oxygen atoms in total. The van der Waals surface area contributed by atoms with Crippen molar-refractivity contribution in [2.45, 2.75) is 4.90 Å². The van der Waals surface area contributed by atoms with E-state index in [0.717, 1.165) is 14.5 Å². The Morgan fingerprint density at radius 2 is 1.65 bits per heavy atom. The van der Waals surface area contributed by atoms with E-state index < -0.39 is 10.0 Å². The van der Waals surface area contributed by atoms with Crippen LogP contribution in [0, 0.1) is 0 Å². The number of nitrogens with zero attached hydrogens (tertiary/aromatic N) is 2. The van der Waals surface area contributed by atoms with Crippen molar-refractivity contribution in [3.8, 4) is 0 Å². The van der Waals surface area contributed by atoms with E-state index in [9.17, 15) is 13.2 Å². The van der Waals surface area contributed by atoms with Crippen LogP contribution in [-0.4, -0.2) is 52.4 Å². The molecule has 0 aromatic heterocycles. The summed E-state index contributed by atoms with van der Waals surface area (Å²) in [6.07, 6.45) is 0. The Morgan fingerprint density at radius 3 is 2.27 bits per heavy atom. The van der Waals surface area contributed by atoms with Gasteiger partial charge in [-0.05, 0) is 36.4 Å². The number of likely N-dealkylation sites (N-methyl/N-ethyl adjacent to an activating group) is 2. The minimum absolute atomic E-state index is 0.153. The summed E-state index contributed by atoms with van der Waals surface area (Å²) in [6, 6.07) is 16.1. The van der Waals surface area contributed by atoms with E-state index in [2.05, 4.69) is 21.2 Å². The van der Waals surface area contributed by atoms with Gasteiger partial charge in [-0.3, -0.25) is 4.79 Å². The summed E-state index contributed by atoms with van der Waals surface area (Å²) in [6.45, 7) is 0.822. The van der Waals surface area contributed by atoms with Crippen molar-refractivity contribution in [1.29, 1.82) is 0 Å². The quantitative estimate of drug-likeness (QED) is 0.684. The van der Waals surface area contributed by atoms with Crippen LogP contribution in [-0.2, 0) is 14.8 Å². The van der Waals surface area contributed by atoms with Crippen LogP contribution < -0.4 is 10.2 Å². The topological polar surface area (TPSA) is 69.7 Å². The molecule has 0 unspecified atom stereocenters. The molecule has 2 aromatic carbocycles. The number of para-hydroxylation sites is 1. The van der Waals surface area contributed by atoms with E-state index in [1.165, 1.54) is 19.2 Å². The summed E-state index contributed by atoms with van der Waals surface area (Å²) >= 11 is 3.27. The number of hydrogen-bond donors (Lipinski definition) is 1. The van der Waals surface area contributed by atoms with Crippen molar-refractivity contribution in [3.05, 3.63) is 59.1 Å². The molecule has 0 aliphatic heterocycles. The SMILES string of the molecule is CN(CCNC(=O)CN(C)S(=O)(=O)c1ccc(Br)cc1)c1ccccc1. The summed E-state index contributed by atoms with van der Waals surface area (Å²) < 4.78 is 26.8. The highest BCUT2D eigenvalue weighted by Gasteiger charge is 2.22. The molecule has 0 aliphatic carbocycles. The van der Waals surface area contributed by atoms with Crippen molar-refractivity contribution < 1.29 is 13.2 Å². The molecule has 2 aromatic rings. The lowest BCUT2D eigenvalue weighted by molar-refractivity contribution is -0.121. The summed E-state index contributed by atoms with van der Waals surface area (Å²) in [5.41, 5.74) is 1.05. The number of benzene rings is 2. The number of nitrogens with one attached hydrogen (secondary N) is 1. The van der Waals surface area contributed by atoms with Gasteiger partial charge in [0.25, 0.3) is 0 Å². The van der Waals surface area contributed by atoms with Gasteiger partial charge in [-0.15, -0.1) is 0 Å². The van der Waals surface area contributed by atoms with Gasteiger partial charge in [-0.1, -0.05) is 34.1 Å². The molecule has 140 valence electrons. The van der Waals surface area contributed by atoms with Crippen molar-refractivity contribution in [2.24, 2.45) is 0 Å². The Balaban J connectivity index is 1.84. The lowest BCUT2D eigenvalue weighted by atomic mass is 10.3. The number of amides is 1. The van der Waals surface area contributed by atoms with Crippen LogP contribution in [0.15, 0.2) is 64.0 Å². The van der Waals surface area contributed by atoms with Crippen LogP contribution in [0.4, 0.5) is 5.69 Å². The molecule has 0 aliphatic rings. The molecule has 0 fully saturated rings. The van der Waals surface area contributed by atoms with Crippen molar-refractivity contribution in [1.82, 2.24) is 9.62 Å². The number of halogens is 1. The predicted molar refractivity (Wildman–Crippen MR) is 107 cm³/mol. The third-order valence-electron chi connectivity index (χ3n) is 3.85. The second kappa shape index (κ2) is 9.16. The fraction of sp³-hybridized carbons (Fsp3) is 0.278. The molecular formula is C18H22BrN3O3S. The lowest BCUT2D eigenvalue weighted by Crippen LogP contribution is -2.40. The summed E-state index contributed by atoms with van der Waals surface area (Å²) in [5, 5.41) is 2.75. The minimum atomic E-state index is -3.69. The molecule has 0 atom stereocenters. The van der Waals surface area contributed by atoms with E-state index in [-0.39, 0.29) is 17.3 Å². The number of rotatable bonds is 8. The van der Waals surface area contributed by atoms with Crippen molar-refractivity contribution in [3.63, 3.8) is 0 Å². The molecule has 8 heteroatoms. The maximum Gasteiger partial charge on any atom is 0.243 e. The molecule has 0 saturated heterocycles. The van der Waals surface area contributed by atoms with Gasteiger partial charge in [0.15, 0.2) is 0 Å². The van der Waals surface area contributed by atoms with Gasteiger partial charge < -0.3 is 10.2 Å². The maximum atomic E-state index is 12.5. The Hall–Kier alpha value is -1.90. The fourth-order valence-corrected chi connectivity index (χ4v) is 3.70. The summed E-state index contributed by atoms with van der Waals surface area (Å²) in [5.74, 6) is -0.338. The lowest BCUT2D eigenvalue weighted by Gasteiger charge is -2.20. The zero-order valence-electron chi connectivity index (χ0n) is 14.7. The first-order valence-electron chi connectivity index (χ1n) is 8.05. The Kier molecular flexibility index (Phi) is 7.19. The van der Waals surface area contributed by atoms with Crippen LogP contribution in [0.2, 0.25) is 0 Å². The van der Waals surface area contributed by atoms with Crippen molar-refractivity contribution >= 4 is 37.5 Å². The number of carbonyl (C=O) groups is 1. The summed E-state index contributed by atoms with van der Waals surface area (Å²) in [4.78, 5) is 14.2. The van der Waals surface area contributed by atoms with Crippen LogP contribution in [0.3, 0.4) is 0 Å². The predicted octanol–water partition coefficient (Wildman–Crippen LogP) is 2.32. The first-order chi connectivity index (χ1) is 12.3. The highest BCUT2D eigenvalue weighted by Crippen LogP contribution is 2.17. The van der Waals surface area contributed by atoms with Gasteiger partial charge in [-0.2, -0.15) is 4.31 Å².